The number of alkyl carbamates (subject to hydrolysis) is 1. The fourth-order valence-electron chi connectivity index (χ4n) is 2.86. The monoisotopic (exact) mass is 491 g/mol. The summed E-state index contributed by atoms with van der Waals surface area (Å²) < 4.78 is 47.8. The van der Waals surface area contributed by atoms with Gasteiger partial charge in [0.1, 0.15) is 5.60 Å². The van der Waals surface area contributed by atoms with Crippen molar-refractivity contribution in [2.45, 2.75) is 46.1 Å². The highest BCUT2D eigenvalue weighted by atomic mass is 32.2. The van der Waals surface area contributed by atoms with Gasteiger partial charge in [-0.15, -0.1) is 0 Å². The molecule has 1 unspecified atom stereocenters. The molecule has 1 aromatic carbocycles. The van der Waals surface area contributed by atoms with Crippen LogP contribution in [-0.2, 0) is 40.5 Å². The summed E-state index contributed by atoms with van der Waals surface area (Å²) in [5.41, 5.74) is -1.91. The second-order valence-corrected chi connectivity index (χ2v) is 9.08. The Morgan fingerprint density at radius 3 is 2.09 bits per heavy atom. The predicted octanol–water partition coefficient (Wildman–Crippen LogP) is 2.24. The zero-order valence-corrected chi connectivity index (χ0v) is 20.3. The molecule has 0 bridgehead atoms. The quantitative estimate of drug-likeness (QED) is 0.163. The third-order valence-electron chi connectivity index (χ3n) is 4.17. The van der Waals surface area contributed by atoms with E-state index in [0.717, 1.165) is 7.11 Å². The summed E-state index contributed by atoms with van der Waals surface area (Å²) in [5.74, 6) is -1.67. The zero-order chi connectivity index (χ0) is 24.6. The number of carbonyl (C=O) groups excluding carboxylic acids is 3. The Balaban J connectivity index is 0.0000102. The van der Waals surface area contributed by atoms with E-state index in [2.05, 4.69) is 5.32 Å². The highest BCUT2D eigenvalue weighted by Gasteiger charge is 2.48. The Bertz CT molecular complexity index is 912. The number of amides is 1. The van der Waals surface area contributed by atoms with E-state index in [1.807, 2.05) is 4.72 Å². The predicted molar refractivity (Wildman–Crippen MR) is 120 cm³/mol. The highest BCUT2D eigenvalue weighted by molar-refractivity contribution is 7.87. The molecular formula is C20H33N3O9S. The maximum Gasteiger partial charge on any atom is 0.407 e. The van der Waals surface area contributed by atoms with Crippen LogP contribution in [0.25, 0.3) is 0 Å². The number of carbonyl (C=O) groups is 3. The van der Waals surface area contributed by atoms with Gasteiger partial charge in [0.05, 0.1) is 19.4 Å². The van der Waals surface area contributed by atoms with Crippen molar-refractivity contribution in [3.8, 4) is 0 Å². The first-order valence-corrected chi connectivity index (χ1v) is 11.2. The van der Waals surface area contributed by atoms with E-state index >= 15 is 0 Å². The molecule has 0 saturated heterocycles. The van der Waals surface area contributed by atoms with Gasteiger partial charge in [0, 0.05) is 6.54 Å². The van der Waals surface area contributed by atoms with Crippen molar-refractivity contribution < 1.29 is 41.6 Å². The molecule has 0 saturated carbocycles. The third-order valence-corrected chi connectivity index (χ3v) is 4.66. The molecule has 1 amide bonds. The maximum atomic E-state index is 12.8. The average molecular weight is 492 g/mol. The van der Waals surface area contributed by atoms with E-state index in [0.29, 0.717) is 5.56 Å². The van der Waals surface area contributed by atoms with Crippen molar-refractivity contribution in [1.29, 1.82) is 0 Å². The molecule has 0 aliphatic heterocycles. The fraction of sp³-hybridized carbons (Fsp3) is 0.550. The van der Waals surface area contributed by atoms with Gasteiger partial charge in [-0.1, -0.05) is 12.1 Å². The number of hydrogen-bond donors (Lipinski definition) is 4. The Labute approximate surface area is 193 Å². The van der Waals surface area contributed by atoms with Crippen LogP contribution in [0.3, 0.4) is 0 Å². The van der Waals surface area contributed by atoms with Crippen molar-refractivity contribution in [3.05, 3.63) is 29.8 Å². The Hall–Kier alpha value is -2.90. The number of rotatable bonds is 10. The van der Waals surface area contributed by atoms with Gasteiger partial charge in [-0.2, -0.15) is 8.42 Å². The topological polar surface area (TPSA) is 192 Å². The normalized spacial score (nSPS) is 13.0. The molecule has 1 rings (SSSR count). The minimum absolute atomic E-state index is 0. The zero-order valence-electron chi connectivity index (χ0n) is 19.5. The smallest absolute Gasteiger partial charge is 0.407 e. The standard InChI is InChI=1S/C20H30N2O9S.H3N/c1-6-30-17(24)20(16(23)29-5,11-12-21-18(25)31-19(2,3)4)13-14-7-9-15(10-8-14)22-32(26,27)28;/h7-10,22H,6,11-13H2,1-5H3,(H,21,25)(H,26,27,28);1H3. The number of methoxy groups -OCH3 is 1. The number of anilines is 1. The second-order valence-electron chi connectivity index (χ2n) is 7.92. The van der Waals surface area contributed by atoms with Gasteiger partial charge >= 0.3 is 28.3 Å². The summed E-state index contributed by atoms with van der Waals surface area (Å²) in [6, 6.07) is 5.67. The first-order chi connectivity index (χ1) is 14.7. The molecule has 13 heteroatoms. The minimum Gasteiger partial charge on any atom is -0.468 e. The molecule has 188 valence electrons. The summed E-state index contributed by atoms with van der Waals surface area (Å²) in [7, 11) is -3.31. The van der Waals surface area contributed by atoms with Crippen molar-refractivity contribution in [2.24, 2.45) is 5.41 Å². The lowest BCUT2D eigenvalue weighted by atomic mass is 9.78. The Kier molecular flexibility index (Phi) is 11.3. The number of esters is 2. The fourth-order valence-corrected chi connectivity index (χ4v) is 3.30. The summed E-state index contributed by atoms with van der Waals surface area (Å²) in [6.07, 6.45) is -0.982. The molecule has 1 aromatic rings. The molecule has 12 nitrogen and oxygen atoms in total. The molecule has 0 aromatic heterocycles. The molecule has 0 fully saturated rings. The molecular weight excluding hydrogens is 458 g/mol. The Morgan fingerprint density at radius 1 is 1.06 bits per heavy atom. The highest BCUT2D eigenvalue weighted by Crippen LogP contribution is 2.31. The number of nitrogens with one attached hydrogen (secondary N) is 2. The summed E-state index contributed by atoms with van der Waals surface area (Å²) >= 11 is 0. The van der Waals surface area contributed by atoms with E-state index in [4.69, 9.17) is 18.8 Å². The first-order valence-electron chi connectivity index (χ1n) is 9.79. The maximum absolute atomic E-state index is 12.8. The van der Waals surface area contributed by atoms with Crippen LogP contribution in [0, 0.1) is 5.41 Å². The number of benzene rings is 1. The van der Waals surface area contributed by atoms with Crippen LogP contribution in [-0.4, -0.2) is 56.9 Å². The lowest BCUT2D eigenvalue weighted by molar-refractivity contribution is -0.171. The van der Waals surface area contributed by atoms with Crippen LogP contribution >= 0.6 is 0 Å². The van der Waals surface area contributed by atoms with Gasteiger partial charge in [-0.3, -0.25) is 18.9 Å². The van der Waals surface area contributed by atoms with Crippen LogP contribution in [0.1, 0.15) is 39.7 Å². The van der Waals surface area contributed by atoms with Gasteiger partial charge in [-0.25, -0.2) is 4.79 Å². The van der Waals surface area contributed by atoms with Crippen molar-refractivity contribution in [2.75, 3.05) is 25.0 Å². The van der Waals surface area contributed by atoms with Gasteiger partial charge < -0.3 is 25.7 Å². The van der Waals surface area contributed by atoms with E-state index in [1.54, 1.807) is 27.7 Å². The van der Waals surface area contributed by atoms with E-state index in [-0.39, 0.29) is 37.8 Å². The van der Waals surface area contributed by atoms with Crippen LogP contribution in [0.4, 0.5) is 10.5 Å². The van der Waals surface area contributed by atoms with Crippen LogP contribution in [0.5, 0.6) is 0 Å². The molecule has 0 aliphatic rings. The van der Waals surface area contributed by atoms with Crippen molar-refractivity contribution in [1.82, 2.24) is 11.5 Å². The third kappa shape index (κ3) is 10.1. The van der Waals surface area contributed by atoms with Crippen LogP contribution in [0.15, 0.2) is 24.3 Å². The average Bonchev–Trinajstić information content (AvgIpc) is 2.65. The van der Waals surface area contributed by atoms with E-state index in [1.165, 1.54) is 24.3 Å². The lowest BCUT2D eigenvalue weighted by Gasteiger charge is -2.29. The molecule has 0 spiro atoms. The van der Waals surface area contributed by atoms with Crippen LogP contribution in [0.2, 0.25) is 0 Å². The minimum atomic E-state index is -4.45. The summed E-state index contributed by atoms with van der Waals surface area (Å²) in [4.78, 5) is 37.5. The van der Waals surface area contributed by atoms with Gasteiger partial charge in [-0.05, 0) is 58.2 Å². The largest absolute Gasteiger partial charge is 0.468 e. The molecule has 0 radical (unpaired) electrons. The van der Waals surface area contributed by atoms with Crippen LogP contribution < -0.4 is 16.2 Å². The summed E-state index contributed by atoms with van der Waals surface area (Å²) in [6.45, 7) is 6.63. The van der Waals surface area contributed by atoms with Crippen molar-refractivity contribution >= 4 is 34.0 Å². The van der Waals surface area contributed by atoms with Gasteiger partial charge in [0.2, 0.25) is 0 Å². The van der Waals surface area contributed by atoms with E-state index < -0.39 is 39.4 Å². The molecule has 0 aliphatic carbocycles. The lowest BCUT2D eigenvalue weighted by Crippen LogP contribution is -2.46. The van der Waals surface area contributed by atoms with Gasteiger partial charge in [0.25, 0.3) is 0 Å². The number of hydrogen-bond acceptors (Lipinski definition) is 9. The SMILES string of the molecule is CCOC(=O)C(CCNC(=O)OC(C)(C)C)(Cc1ccc(NS(=O)(=O)O)cc1)C(=O)OC.N. The Morgan fingerprint density at radius 2 is 1.64 bits per heavy atom. The second kappa shape index (κ2) is 12.4. The molecule has 6 N–H and O–H groups in total. The van der Waals surface area contributed by atoms with Gasteiger partial charge in [0.15, 0.2) is 5.41 Å². The van der Waals surface area contributed by atoms with E-state index in [9.17, 15) is 22.8 Å². The van der Waals surface area contributed by atoms with Crippen molar-refractivity contribution in [3.63, 3.8) is 0 Å². The molecule has 1 atom stereocenters. The number of ether oxygens (including phenoxy) is 3. The summed E-state index contributed by atoms with van der Waals surface area (Å²) in [5, 5.41) is 2.51. The molecule has 33 heavy (non-hydrogen) atoms. The first kappa shape index (κ1) is 30.1. The molecule has 0 heterocycles.